The van der Waals surface area contributed by atoms with Crippen LogP contribution in [0.5, 0.6) is 5.75 Å². The molecule has 1 N–H and O–H groups in total. The first kappa shape index (κ1) is 22.5. The second-order valence-electron chi connectivity index (χ2n) is 7.82. The lowest BCUT2D eigenvalue weighted by molar-refractivity contribution is -0.147. The fourth-order valence-electron chi connectivity index (χ4n) is 3.55. The monoisotopic (exact) mass is 426 g/mol. The third-order valence-electron chi connectivity index (χ3n) is 5.65. The summed E-state index contributed by atoms with van der Waals surface area (Å²) >= 11 is 0. The first-order valence-corrected chi connectivity index (χ1v) is 10.8. The summed E-state index contributed by atoms with van der Waals surface area (Å²) in [5, 5.41) is 7.26. The summed E-state index contributed by atoms with van der Waals surface area (Å²) in [7, 11) is 0. The molecule has 3 rings (SSSR count). The molecular formula is C23H30N4O4. The lowest BCUT2D eigenvalue weighted by atomic mass is 10.00. The Morgan fingerprint density at radius 1 is 1.16 bits per heavy atom. The standard InChI is InChI=1S/C23H30N4O4/c1-3-17(2)22(29)23(30)26-14-10-18(11-15-26)27-20(9-13-24-27)25-21(28)12-16-31-19-7-5-4-6-8-19/h4-9,13,17-18H,3,10-12,14-16H2,1-2H3,(H,25,28). The maximum absolute atomic E-state index is 12.4. The van der Waals surface area contributed by atoms with Crippen molar-refractivity contribution >= 4 is 23.4 Å². The van der Waals surface area contributed by atoms with Crippen molar-refractivity contribution in [1.29, 1.82) is 0 Å². The number of ketones is 1. The third-order valence-corrected chi connectivity index (χ3v) is 5.65. The van der Waals surface area contributed by atoms with Crippen LogP contribution in [0.15, 0.2) is 42.6 Å². The molecule has 1 aliphatic rings. The summed E-state index contributed by atoms with van der Waals surface area (Å²) in [4.78, 5) is 38.5. The molecule has 1 atom stereocenters. The molecule has 166 valence electrons. The van der Waals surface area contributed by atoms with Crippen molar-refractivity contribution in [2.45, 2.75) is 45.6 Å². The number of benzene rings is 1. The number of hydrogen-bond donors (Lipinski definition) is 1. The molecule has 1 aliphatic heterocycles. The number of ether oxygens (including phenoxy) is 1. The van der Waals surface area contributed by atoms with Gasteiger partial charge in [-0.15, -0.1) is 0 Å². The number of Topliss-reactive ketones (excluding diaryl/α,β-unsaturated/α-hetero) is 1. The van der Waals surface area contributed by atoms with Gasteiger partial charge in [0.25, 0.3) is 5.91 Å². The molecule has 8 heteroatoms. The van der Waals surface area contributed by atoms with Gasteiger partial charge in [0.2, 0.25) is 11.7 Å². The SMILES string of the molecule is CCC(C)C(=O)C(=O)N1CCC(n2nccc2NC(=O)CCOc2ccccc2)CC1. The number of hydrogen-bond acceptors (Lipinski definition) is 5. The highest BCUT2D eigenvalue weighted by atomic mass is 16.5. The van der Waals surface area contributed by atoms with Crippen LogP contribution in [0.4, 0.5) is 5.82 Å². The van der Waals surface area contributed by atoms with Gasteiger partial charge in [0.15, 0.2) is 0 Å². The van der Waals surface area contributed by atoms with E-state index in [2.05, 4.69) is 10.4 Å². The number of carbonyl (C=O) groups is 3. The largest absolute Gasteiger partial charge is 0.493 e. The molecule has 0 saturated carbocycles. The van der Waals surface area contributed by atoms with Crippen LogP contribution in [0.25, 0.3) is 0 Å². The average Bonchev–Trinajstić information content (AvgIpc) is 3.26. The van der Waals surface area contributed by atoms with Crippen molar-refractivity contribution in [3.05, 3.63) is 42.6 Å². The molecule has 1 aromatic carbocycles. The Morgan fingerprint density at radius 3 is 2.55 bits per heavy atom. The number of rotatable bonds is 9. The predicted molar refractivity (Wildman–Crippen MR) is 117 cm³/mol. The molecule has 2 aromatic rings. The first-order valence-electron chi connectivity index (χ1n) is 10.8. The van der Waals surface area contributed by atoms with E-state index in [1.165, 1.54) is 0 Å². The number of carbonyl (C=O) groups excluding carboxylic acids is 3. The minimum absolute atomic E-state index is 0.0635. The third kappa shape index (κ3) is 5.93. The fraction of sp³-hybridized carbons (Fsp3) is 0.478. The number of amides is 2. The number of nitrogens with zero attached hydrogens (tertiary/aromatic N) is 3. The van der Waals surface area contributed by atoms with Gasteiger partial charge in [-0.1, -0.05) is 32.0 Å². The molecule has 0 radical (unpaired) electrons. The number of anilines is 1. The van der Waals surface area contributed by atoms with Crippen LogP contribution in [-0.2, 0) is 14.4 Å². The summed E-state index contributed by atoms with van der Waals surface area (Å²) in [6, 6.07) is 11.2. The van der Waals surface area contributed by atoms with Crippen molar-refractivity contribution in [3.8, 4) is 5.75 Å². The molecule has 1 fully saturated rings. The minimum atomic E-state index is -0.389. The zero-order valence-corrected chi connectivity index (χ0v) is 18.1. The predicted octanol–water partition coefficient (Wildman–Crippen LogP) is 3.07. The van der Waals surface area contributed by atoms with Gasteiger partial charge in [-0.2, -0.15) is 5.10 Å². The number of para-hydroxylation sites is 1. The maximum atomic E-state index is 12.4. The van der Waals surface area contributed by atoms with Crippen molar-refractivity contribution in [2.24, 2.45) is 5.92 Å². The molecule has 2 amide bonds. The highest BCUT2D eigenvalue weighted by Gasteiger charge is 2.30. The Kier molecular flexibility index (Phi) is 7.81. The van der Waals surface area contributed by atoms with Crippen LogP contribution >= 0.6 is 0 Å². The van der Waals surface area contributed by atoms with Gasteiger partial charge in [0.1, 0.15) is 11.6 Å². The first-order chi connectivity index (χ1) is 15.0. The maximum Gasteiger partial charge on any atom is 0.290 e. The molecule has 0 aliphatic carbocycles. The van der Waals surface area contributed by atoms with Gasteiger partial charge in [-0.05, 0) is 31.4 Å². The quantitative estimate of drug-likeness (QED) is 0.622. The van der Waals surface area contributed by atoms with Crippen molar-refractivity contribution in [2.75, 3.05) is 25.0 Å². The van der Waals surface area contributed by atoms with Gasteiger partial charge in [0, 0.05) is 25.1 Å². The molecule has 1 aromatic heterocycles. The molecule has 1 unspecified atom stereocenters. The second-order valence-corrected chi connectivity index (χ2v) is 7.82. The van der Waals surface area contributed by atoms with E-state index in [1.54, 1.807) is 28.8 Å². The molecule has 0 spiro atoms. The number of likely N-dealkylation sites (tertiary alicyclic amines) is 1. The van der Waals surface area contributed by atoms with Crippen LogP contribution in [-0.4, -0.2) is 52.0 Å². The fourth-order valence-corrected chi connectivity index (χ4v) is 3.55. The van der Waals surface area contributed by atoms with Gasteiger partial charge in [-0.3, -0.25) is 14.4 Å². The topological polar surface area (TPSA) is 93.5 Å². The van der Waals surface area contributed by atoms with E-state index in [-0.39, 0.29) is 42.6 Å². The van der Waals surface area contributed by atoms with Crippen molar-refractivity contribution < 1.29 is 19.1 Å². The Bertz CT molecular complexity index is 888. The van der Waals surface area contributed by atoms with Crippen LogP contribution in [0.1, 0.15) is 45.6 Å². The summed E-state index contributed by atoms with van der Waals surface area (Å²) in [6.07, 6.45) is 3.90. The molecular weight excluding hydrogens is 396 g/mol. The summed E-state index contributed by atoms with van der Waals surface area (Å²) < 4.78 is 7.37. The number of aromatic nitrogens is 2. The van der Waals surface area contributed by atoms with E-state index >= 15 is 0 Å². The van der Waals surface area contributed by atoms with Gasteiger partial charge in [0.05, 0.1) is 25.3 Å². The van der Waals surface area contributed by atoms with Crippen LogP contribution in [0, 0.1) is 5.92 Å². The Balaban J connectivity index is 1.48. The summed E-state index contributed by atoms with van der Waals surface area (Å²) in [5.74, 6) is 0.262. The average molecular weight is 427 g/mol. The van der Waals surface area contributed by atoms with Crippen LogP contribution in [0.3, 0.4) is 0 Å². The van der Waals surface area contributed by atoms with E-state index in [4.69, 9.17) is 4.74 Å². The lowest BCUT2D eigenvalue weighted by Crippen LogP contribution is -2.44. The summed E-state index contributed by atoms with van der Waals surface area (Å²) in [5.41, 5.74) is 0. The van der Waals surface area contributed by atoms with E-state index in [9.17, 15) is 14.4 Å². The highest BCUT2D eigenvalue weighted by Crippen LogP contribution is 2.26. The Hall–Kier alpha value is -3.16. The smallest absolute Gasteiger partial charge is 0.290 e. The van der Waals surface area contributed by atoms with Crippen molar-refractivity contribution in [1.82, 2.24) is 14.7 Å². The lowest BCUT2D eigenvalue weighted by Gasteiger charge is -2.32. The Morgan fingerprint density at radius 2 is 1.87 bits per heavy atom. The van der Waals surface area contributed by atoms with E-state index in [0.717, 1.165) is 5.75 Å². The molecule has 8 nitrogen and oxygen atoms in total. The van der Waals surface area contributed by atoms with E-state index in [0.29, 0.717) is 38.2 Å². The number of piperidine rings is 1. The van der Waals surface area contributed by atoms with Crippen LogP contribution in [0.2, 0.25) is 0 Å². The zero-order valence-electron chi connectivity index (χ0n) is 18.1. The summed E-state index contributed by atoms with van der Waals surface area (Å²) in [6.45, 7) is 4.99. The highest BCUT2D eigenvalue weighted by molar-refractivity contribution is 6.36. The zero-order chi connectivity index (χ0) is 22.2. The van der Waals surface area contributed by atoms with Gasteiger partial charge in [-0.25, -0.2) is 4.68 Å². The molecule has 31 heavy (non-hydrogen) atoms. The van der Waals surface area contributed by atoms with E-state index < -0.39 is 0 Å². The molecule has 1 saturated heterocycles. The minimum Gasteiger partial charge on any atom is -0.493 e. The van der Waals surface area contributed by atoms with Gasteiger partial charge < -0.3 is 15.0 Å². The van der Waals surface area contributed by atoms with Gasteiger partial charge >= 0.3 is 0 Å². The molecule has 2 heterocycles. The normalized spacial score (nSPS) is 15.4. The van der Waals surface area contributed by atoms with Crippen LogP contribution < -0.4 is 10.1 Å². The molecule has 0 bridgehead atoms. The Labute approximate surface area is 182 Å². The van der Waals surface area contributed by atoms with Crippen molar-refractivity contribution in [3.63, 3.8) is 0 Å². The van der Waals surface area contributed by atoms with E-state index in [1.807, 2.05) is 37.3 Å². The number of nitrogens with one attached hydrogen (secondary N) is 1. The second kappa shape index (κ2) is 10.7.